The predicted octanol–water partition coefficient (Wildman–Crippen LogP) is 5.46. The van der Waals surface area contributed by atoms with E-state index in [1.54, 1.807) is 18.5 Å². The fraction of sp³-hybridized carbons (Fsp3) is 0.333. The highest BCUT2D eigenvalue weighted by atomic mass is 15.0. The first-order valence-electron chi connectivity index (χ1n) is 8.29. The lowest BCUT2D eigenvalue weighted by atomic mass is 10.2. The molecule has 4 nitrogen and oxygen atoms in total. The van der Waals surface area contributed by atoms with Crippen LogP contribution in [0.1, 0.15) is 40.3 Å². The minimum Gasteiger partial charge on any atom is -0.256 e. The van der Waals surface area contributed by atoms with Gasteiger partial charge in [0.15, 0.2) is 11.5 Å². The van der Waals surface area contributed by atoms with Crippen molar-refractivity contribution in [3.63, 3.8) is 0 Å². The summed E-state index contributed by atoms with van der Waals surface area (Å²) in [6.07, 6.45) is 10.8. The van der Waals surface area contributed by atoms with E-state index in [4.69, 9.17) is 0 Å². The van der Waals surface area contributed by atoms with Crippen molar-refractivity contribution in [2.75, 3.05) is 7.05 Å². The van der Waals surface area contributed by atoms with Crippen molar-refractivity contribution in [2.45, 2.75) is 41.5 Å². The number of nitrogens with zero attached hydrogens (tertiary/aromatic N) is 4. The van der Waals surface area contributed by atoms with Gasteiger partial charge in [0, 0.05) is 25.4 Å². The normalized spacial score (nSPS) is 10.4. The molecule has 136 valence electrons. The van der Waals surface area contributed by atoms with Gasteiger partial charge in [0.25, 0.3) is 0 Å². The number of aliphatic imine (C=N–C) groups is 1. The van der Waals surface area contributed by atoms with E-state index in [0.717, 1.165) is 11.4 Å². The van der Waals surface area contributed by atoms with E-state index < -0.39 is 0 Å². The first kappa shape index (κ1) is 24.6. The molecule has 0 aromatic carbocycles. The van der Waals surface area contributed by atoms with Crippen LogP contribution in [-0.2, 0) is 0 Å². The van der Waals surface area contributed by atoms with Gasteiger partial charge in [0.05, 0.1) is 5.69 Å². The molecule has 25 heavy (non-hydrogen) atoms. The molecule has 0 atom stereocenters. The summed E-state index contributed by atoms with van der Waals surface area (Å²) in [7, 11) is 2.03. The van der Waals surface area contributed by atoms with Crippen molar-refractivity contribution in [2.24, 2.45) is 4.99 Å². The molecular formula is C21H33N4+. The van der Waals surface area contributed by atoms with Crippen LogP contribution in [-0.4, -0.2) is 34.0 Å². The Morgan fingerprint density at radius 2 is 1.68 bits per heavy atom. The Morgan fingerprint density at radius 1 is 1.12 bits per heavy atom. The minimum atomic E-state index is 0.609. The van der Waals surface area contributed by atoms with Gasteiger partial charge in [-0.25, -0.2) is 9.98 Å². The van der Waals surface area contributed by atoms with Crippen LogP contribution in [0, 0.1) is 6.92 Å². The minimum absolute atomic E-state index is 0.609. The highest BCUT2D eigenvalue weighted by Crippen LogP contribution is 2.08. The van der Waals surface area contributed by atoms with Crippen LogP contribution < -0.4 is 0 Å². The second-order valence-electron chi connectivity index (χ2n) is 5.01. The monoisotopic (exact) mass is 341 g/mol. The van der Waals surface area contributed by atoms with E-state index in [-0.39, 0.29) is 0 Å². The summed E-state index contributed by atoms with van der Waals surface area (Å²) < 4.78 is 2.11. The lowest BCUT2D eigenvalue weighted by Crippen LogP contribution is -2.12. The summed E-state index contributed by atoms with van der Waals surface area (Å²) in [6.45, 7) is 22.8. The third-order valence-corrected chi connectivity index (χ3v) is 3.09. The number of aryl methyl sites for hydroxylation is 1. The van der Waals surface area contributed by atoms with Crippen molar-refractivity contribution >= 4 is 18.2 Å². The third kappa shape index (κ3) is 9.97. The summed E-state index contributed by atoms with van der Waals surface area (Å²) in [5.41, 5.74) is 4.40. The van der Waals surface area contributed by atoms with Gasteiger partial charge >= 0.3 is 0 Å². The van der Waals surface area contributed by atoms with Crippen LogP contribution >= 0.6 is 0 Å². The standard InChI is InChI=1S/C13H20N.C6H7N3.C2H6/c1-7-9-10-13(11(3)4)14(6)12(5)8-2;1-5-6(7-2)9-4-3-8-5;1-2/h7-10H,1-2H2,3-6H3;3-4H,2H2,1H3;1-2H3/q+1;;/b10-9-,14-12?;;. The summed E-state index contributed by atoms with van der Waals surface area (Å²) in [6, 6.07) is 0. The molecule has 0 unspecified atom stereocenters. The SMILES string of the molecule is C=C/C=C\C(=C(C)C)[N+](C)=C(C)C=C.C=Nc1nccnc1C.CC. The maximum Gasteiger partial charge on any atom is 0.203 e. The van der Waals surface area contributed by atoms with Gasteiger partial charge in [-0.2, -0.15) is 4.58 Å². The van der Waals surface area contributed by atoms with Crippen molar-refractivity contribution < 1.29 is 4.58 Å². The molecule has 0 bridgehead atoms. The molecule has 1 aromatic rings. The zero-order valence-corrected chi connectivity index (χ0v) is 16.9. The smallest absolute Gasteiger partial charge is 0.203 e. The largest absolute Gasteiger partial charge is 0.256 e. The average molecular weight is 342 g/mol. The van der Waals surface area contributed by atoms with Gasteiger partial charge in [0.2, 0.25) is 5.70 Å². The maximum absolute atomic E-state index is 3.95. The number of allylic oxidation sites excluding steroid dienone is 5. The second-order valence-corrected chi connectivity index (χ2v) is 5.01. The van der Waals surface area contributed by atoms with Crippen LogP contribution in [0.4, 0.5) is 5.82 Å². The van der Waals surface area contributed by atoms with Crippen LogP contribution in [0.15, 0.2) is 66.1 Å². The predicted molar refractivity (Wildman–Crippen MR) is 112 cm³/mol. The second kappa shape index (κ2) is 14.9. The average Bonchev–Trinajstić information content (AvgIpc) is 2.63. The molecule has 0 spiro atoms. The Balaban J connectivity index is 0. The number of likely N-dealkylation sites (N-methyl/N-ethyl adjacent to an activating group) is 1. The zero-order chi connectivity index (χ0) is 19.8. The first-order valence-corrected chi connectivity index (χ1v) is 8.29. The van der Waals surface area contributed by atoms with Crippen molar-refractivity contribution in [3.05, 3.63) is 66.8 Å². The van der Waals surface area contributed by atoms with E-state index >= 15 is 0 Å². The van der Waals surface area contributed by atoms with Crippen molar-refractivity contribution in [3.8, 4) is 0 Å². The number of rotatable bonds is 5. The summed E-state index contributed by atoms with van der Waals surface area (Å²) in [5, 5.41) is 0. The molecule has 0 aliphatic rings. The highest BCUT2D eigenvalue weighted by molar-refractivity contribution is 5.88. The Morgan fingerprint density at radius 3 is 2.04 bits per heavy atom. The molecule has 1 rings (SSSR count). The molecule has 0 aliphatic carbocycles. The fourth-order valence-corrected chi connectivity index (χ4v) is 1.66. The maximum atomic E-state index is 3.95. The molecule has 4 heteroatoms. The molecule has 0 saturated heterocycles. The molecule has 0 aliphatic heterocycles. The Hall–Kier alpha value is -2.62. The fourth-order valence-electron chi connectivity index (χ4n) is 1.66. The van der Waals surface area contributed by atoms with Gasteiger partial charge in [-0.15, -0.1) is 0 Å². The van der Waals surface area contributed by atoms with Crippen LogP contribution in [0.5, 0.6) is 0 Å². The lowest BCUT2D eigenvalue weighted by Gasteiger charge is -2.01. The third-order valence-electron chi connectivity index (χ3n) is 3.09. The molecule has 1 heterocycles. The highest BCUT2D eigenvalue weighted by Gasteiger charge is 2.08. The van der Waals surface area contributed by atoms with Crippen LogP contribution in [0.3, 0.4) is 0 Å². The molecule has 0 amide bonds. The summed E-state index contributed by atoms with van der Waals surface area (Å²) in [5.74, 6) is 0.609. The lowest BCUT2D eigenvalue weighted by molar-refractivity contribution is -0.438. The topological polar surface area (TPSA) is 41.1 Å². The van der Waals surface area contributed by atoms with E-state index in [9.17, 15) is 0 Å². The van der Waals surface area contributed by atoms with Crippen LogP contribution in [0.2, 0.25) is 0 Å². The molecule has 0 fully saturated rings. The van der Waals surface area contributed by atoms with Gasteiger partial charge in [-0.1, -0.05) is 39.2 Å². The molecular weight excluding hydrogens is 308 g/mol. The van der Waals surface area contributed by atoms with Gasteiger partial charge in [-0.05, 0) is 39.1 Å². The van der Waals surface area contributed by atoms with E-state index in [0.29, 0.717) is 5.82 Å². The van der Waals surface area contributed by atoms with E-state index in [1.807, 2.05) is 46.9 Å². The van der Waals surface area contributed by atoms with Crippen molar-refractivity contribution in [1.82, 2.24) is 9.97 Å². The molecule has 0 radical (unpaired) electrons. The number of hydrogen-bond acceptors (Lipinski definition) is 3. The van der Waals surface area contributed by atoms with E-state index in [1.165, 1.54) is 11.3 Å². The van der Waals surface area contributed by atoms with Crippen LogP contribution in [0.25, 0.3) is 0 Å². The summed E-state index contributed by atoms with van der Waals surface area (Å²) in [4.78, 5) is 11.5. The van der Waals surface area contributed by atoms with E-state index in [2.05, 4.69) is 59.3 Å². The van der Waals surface area contributed by atoms with Gasteiger partial charge in [-0.3, -0.25) is 4.98 Å². The van der Waals surface area contributed by atoms with Crippen molar-refractivity contribution in [1.29, 1.82) is 0 Å². The first-order chi connectivity index (χ1) is 11.9. The Bertz CT molecular complexity index is 646. The Labute approximate surface area is 153 Å². The molecule has 0 N–H and O–H groups in total. The molecule has 1 aromatic heterocycles. The number of aromatic nitrogens is 2. The molecule has 0 saturated carbocycles. The number of hydrogen-bond donors (Lipinski definition) is 0. The van der Waals surface area contributed by atoms with Gasteiger partial charge in [0.1, 0.15) is 7.05 Å². The van der Waals surface area contributed by atoms with Gasteiger partial charge < -0.3 is 0 Å². The quantitative estimate of drug-likeness (QED) is 0.405. The summed E-state index contributed by atoms with van der Waals surface area (Å²) >= 11 is 0. The zero-order valence-electron chi connectivity index (χ0n) is 16.9. The Kier molecular flexibility index (Phi) is 14.7.